The summed E-state index contributed by atoms with van der Waals surface area (Å²) in [6.07, 6.45) is 3.99. The van der Waals surface area contributed by atoms with Gasteiger partial charge in [0, 0.05) is 30.7 Å². The predicted octanol–water partition coefficient (Wildman–Crippen LogP) is 2.30. The van der Waals surface area contributed by atoms with Gasteiger partial charge >= 0.3 is 0 Å². The minimum absolute atomic E-state index is 0.246. The van der Waals surface area contributed by atoms with E-state index in [0.717, 1.165) is 49.7 Å². The summed E-state index contributed by atoms with van der Waals surface area (Å²) in [7, 11) is 3.28. The highest BCUT2D eigenvalue weighted by molar-refractivity contribution is 6.20. The number of piperidine rings is 1. The van der Waals surface area contributed by atoms with Crippen LogP contribution in [0.4, 0.5) is 0 Å². The molecule has 0 saturated carbocycles. The number of aromatic nitrogens is 1. The van der Waals surface area contributed by atoms with Crippen LogP contribution in [0.2, 0.25) is 0 Å². The Bertz CT molecular complexity index is 401. The summed E-state index contributed by atoms with van der Waals surface area (Å²) in [5, 5.41) is 0.246. The van der Waals surface area contributed by atoms with Gasteiger partial charge in [-0.2, -0.15) is 0 Å². The molecule has 2 heterocycles. The van der Waals surface area contributed by atoms with E-state index in [-0.39, 0.29) is 5.38 Å². The Balaban J connectivity index is 2.12. The molecule has 1 aromatic rings. The van der Waals surface area contributed by atoms with Crippen molar-refractivity contribution >= 4 is 11.6 Å². The molecule has 0 amide bonds. The van der Waals surface area contributed by atoms with Crippen molar-refractivity contribution in [2.45, 2.75) is 24.8 Å². The van der Waals surface area contributed by atoms with Crippen molar-refractivity contribution in [3.63, 3.8) is 0 Å². The van der Waals surface area contributed by atoms with Crippen LogP contribution in [0.25, 0.3) is 0 Å². The third kappa shape index (κ3) is 3.06. The van der Waals surface area contributed by atoms with E-state index in [1.54, 1.807) is 20.4 Å². The first-order valence-corrected chi connectivity index (χ1v) is 6.60. The summed E-state index contributed by atoms with van der Waals surface area (Å²) >= 11 is 6.19. The van der Waals surface area contributed by atoms with E-state index in [2.05, 4.69) is 9.88 Å². The summed E-state index contributed by atoms with van der Waals surface area (Å²) in [4.78, 5) is 6.70. The number of methoxy groups -OCH3 is 2. The van der Waals surface area contributed by atoms with E-state index in [9.17, 15) is 0 Å². The zero-order chi connectivity index (χ0) is 13.0. The highest BCUT2D eigenvalue weighted by Gasteiger charge is 2.20. The molecule has 5 heteroatoms. The van der Waals surface area contributed by atoms with Crippen molar-refractivity contribution in [2.75, 3.05) is 27.3 Å². The topological polar surface area (TPSA) is 34.6 Å². The lowest BCUT2D eigenvalue weighted by atomic mass is 10.1. The van der Waals surface area contributed by atoms with Crippen LogP contribution in [0.1, 0.15) is 18.5 Å². The van der Waals surface area contributed by atoms with Crippen LogP contribution in [0.3, 0.4) is 0 Å². The van der Waals surface area contributed by atoms with Crippen molar-refractivity contribution in [3.05, 3.63) is 18.0 Å². The normalized spacial score (nSPS) is 20.7. The van der Waals surface area contributed by atoms with E-state index in [1.165, 1.54) is 0 Å². The average molecular weight is 271 g/mol. The van der Waals surface area contributed by atoms with E-state index < -0.39 is 0 Å². The molecule has 1 unspecified atom stereocenters. The Morgan fingerprint density at radius 1 is 1.44 bits per heavy atom. The van der Waals surface area contributed by atoms with Crippen molar-refractivity contribution < 1.29 is 9.47 Å². The van der Waals surface area contributed by atoms with Crippen LogP contribution in [-0.2, 0) is 6.54 Å². The molecule has 0 spiro atoms. The number of nitrogens with zero attached hydrogens (tertiary/aromatic N) is 2. The van der Waals surface area contributed by atoms with Gasteiger partial charge in [0.25, 0.3) is 0 Å². The number of rotatable bonds is 4. The number of hydrogen-bond donors (Lipinski definition) is 0. The molecule has 0 bridgehead atoms. The fourth-order valence-corrected chi connectivity index (χ4v) is 2.67. The van der Waals surface area contributed by atoms with E-state index >= 15 is 0 Å². The zero-order valence-corrected chi connectivity index (χ0v) is 11.6. The molecule has 100 valence electrons. The summed E-state index contributed by atoms with van der Waals surface area (Å²) in [5.74, 6) is 1.44. The summed E-state index contributed by atoms with van der Waals surface area (Å²) in [5.41, 5.74) is 0.905. The first kappa shape index (κ1) is 13.4. The molecule has 1 aliphatic heterocycles. The van der Waals surface area contributed by atoms with Crippen molar-refractivity contribution in [1.29, 1.82) is 0 Å². The largest absolute Gasteiger partial charge is 0.493 e. The number of alkyl halides is 1. The summed E-state index contributed by atoms with van der Waals surface area (Å²) in [6, 6.07) is 1.81. The maximum absolute atomic E-state index is 6.19. The number of halogens is 1. The minimum atomic E-state index is 0.246. The Morgan fingerprint density at radius 3 is 2.94 bits per heavy atom. The number of ether oxygens (including phenoxy) is 2. The SMILES string of the molecule is COc1ccnc(CN2CCCC(Cl)C2)c1OC. The second-order valence-corrected chi connectivity index (χ2v) is 5.08. The van der Waals surface area contributed by atoms with Gasteiger partial charge < -0.3 is 9.47 Å². The van der Waals surface area contributed by atoms with Gasteiger partial charge in [0.1, 0.15) is 5.69 Å². The van der Waals surface area contributed by atoms with Crippen LogP contribution in [0, 0.1) is 0 Å². The number of hydrogen-bond acceptors (Lipinski definition) is 4. The molecule has 1 atom stereocenters. The average Bonchev–Trinajstić information content (AvgIpc) is 2.38. The first-order chi connectivity index (χ1) is 8.74. The minimum Gasteiger partial charge on any atom is -0.493 e. The molecule has 1 saturated heterocycles. The molecule has 2 rings (SSSR count). The van der Waals surface area contributed by atoms with Crippen LogP contribution < -0.4 is 9.47 Å². The second kappa shape index (κ2) is 6.25. The van der Waals surface area contributed by atoms with Crippen molar-refractivity contribution in [2.24, 2.45) is 0 Å². The first-order valence-electron chi connectivity index (χ1n) is 6.17. The fraction of sp³-hybridized carbons (Fsp3) is 0.615. The van der Waals surface area contributed by atoms with Crippen LogP contribution >= 0.6 is 11.6 Å². The molecular weight excluding hydrogens is 252 g/mol. The lowest BCUT2D eigenvalue weighted by Crippen LogP contribution is -2.35. The number of pyridine rings is 1. The summed E-state index contributed by atoms with van der Waals surface area (Å²) < 4.78 is 10.7. The van der Waals surface area contributed by atoms with Gasteiger partial charge in [-0.25, -0.2) is 0 Å². The van der Waals surface area contributed by atoms with E-state index in [0.29, 0.717) is 0 Å². The van der Waals surface area contributed by atoms with Gasteiger partial charge in [0.15, 0.2) is 11.5 Å². The summed E-state index contributed by atoms with van der Waals surface area (Å²) in [6.45, 7) is 2.72. The monoisotopic (exact) mass is 270 g/mol. The van der Waals surface area contributed by atoms with Gasteiger partial charge in [0.05, 0.1) is 14.2 Å². The van der Waals surface area contributed by atoms with Crippen molar-refractivity contribution in [3.8, 4) is 11.5 Å². The molecule has 0 N–H and O–H groups in total. The smallest absolute Gasteiger partial charge is 0.183 e. The van der Waals surface area contributed by atoms with Crippen molar-refractivity contribution in [1.82, 2.24) is 9.88 Å². The lowest BCUT2D eigenvalue weighted by molar-refractivity contribution is 0.217. The van der Waals surface area contributed by atoms with Gasteiger partial charge in [-0.1, -0.05) is 0 Å². The van der Waals surface area contributed by atoms with Crippen LogP contribution in [-0.4, -0.2) is 42.6 Å². The molecule has 1 aliphatic rings. The second-order valence-electron chi connectivity index (χ2n) is 4.47. The third-order valence-electron chi connectivity index (χ3n) is 3.19. The molecular formula is C13H19ClN2O2. The molecule has 0 aliphatic carbocycles. The standard InChI is InChI=1S/C13H19ClN2O2/c1-17-12-5-6-15-11(13(12)18-2)9-16-7-3-4-10(14)8-16/h5-6,10H,3-4,7-9H2,1-2H3. The Kier molecular flexibility index (Phi) is 4.66. The van der Waals surface area contributed by atoms with Crippen LogP contribution in [0.5, 0.6) is 11.5 Å². The molecule has 1 aromatic heterocycles. The van der Waals surface area contributed by atoms with Gasteiger partial charge in [-0.3, -0.25) is 9.88 Å². The zero-order valence-electron chi connectivity index (χ0n) is 10.9. The Morgan fingerprint density at radius 2 is 2.28 bits per heavy atom. The lowest BCUT2D eigenvalue weighted by Gasteiger charge is -2.29. The quantitative estimate of drug-likeness (QED) is 0.787. The molecule has 4 nitrogen and oxygen atoms in total. The fourth-order valence-electron chi connectivity index (χ4n) is 2.32. The predicted molar refractivity (Wildman–Crippen MR) is 71.5 cm³/mol. The highest BCUT2D eigenvalue weighted by Crippen LogP contribution is 2.30. The molecule has 0 radical (unpaired) electrons. The maximum Gasteiger partial charge on any atom is 0.183 e. The third-order valence-corrected chi connectivity index (χ3v) is 3.54. The Labute approximate surface area is 113 Å². The molecule has 1 fully saturated rings. The van der Waals surface area contributed by atoms with E-state index in [1.807, 2.05) is 6.07 Å². The van der Waals surface area contributed by atoms with Gasteiger partial charge in [0.2, 0.25) is 0 Å². The molecule has 18 heavy (non-hydrogen) atoms. The van der Waals surface area contributed by atoms with Gasteiger partial charge in [-0.05, 0) is 19.4 Å². The van der Waals surface area contributed by atoms with E-state index in [4.69, 9.17) is 21.1 Å². The number of likely N-dealkylation sites (tertiary alicyclic amines) is 1. The highest BCUT2D eigenvalue weighted by atomic mass is 35.5. The molecule has 0 aromatic carbocycles. The van der Waals surface area contributed by atoms with Crippen LogP contribution in [0.15, 0.2) is 12.3 Å². The Hall–Kier alpha value is -1.00. The van der Waals surface area contributed by atoms with Gasteiger partial charge in [-0.15, -0.1) is 11.6 Å². The maximum atomic E-state index is 6.19.